The van der Waals surface area contributed by atoms with Gasteiger partial charge in [-0.15, -0.1) is 21.5 Å². The Morgan fingerprint density at radius 1 is 1.38 bits per heavy atom. The first-order valence-corrected chi connectivity index (χ1v) is 11.0. The summed E-state index contributed by atoms with van der Waals surface area (Å²) in [4.78, 5) is 9.54. The molecule has 1 fully saturated rings. The maximum absolute atomic E-state index is 11.6. The molecule has 4 heterocycles. The number of aromatic nitrogens is 5. The molecule has 24 heavy (non-hydrogen) atoms. The molecule has 126 valence electrons. The van der Waals surface area contributed by atoms with Gasteiger partial charge in [-0.25, -0.2) is 18.4 Å². The van der Waals surface area contributed by atoms with Gasteiger partial charge in [0.1, 0.15) is 22.0 Å². The van der Waals surface area contributed by atoms with Gasteiger partial charge >= 0.3 is 0 Å². The minimum absolute atomic E-state index is 0.137. The van der Waals surface area contributed by atoms with Crippen LogP contribution in [0.1, 0.15) is 12.2 Å². The Labute approximate surface area is 147 Å². The van der Waals surface area contributed by atoms with Crippen molar-refractivity contribution in [3.8, 4) is 0 Å². The maximum Gasteiger partial charge on any atom is 0.197 e. The summed E-state index contributed by atoms with van der Waals surface area (Å²) < 4.78 is 25.1. The van der Waals surface area contributed by atoms with Gasteiger partial charge in [0.15, 0.2) is 15.0 Å². The van der Waals surface area contributed by atoms with E-state index in [0.717, 1.165) is 26.2 Å². The Balaban J connectivity index is 1.55. The molecule has 1 unspecified atom stereocenters. The molecule has 4 rings (SSSR count). The maximum atomic E-state index is 11.6. The third-order valence-electron chi connectivity index (χ3n) is 4.14. The second-order valence-corrected chi connectivity index (χ2v) is 9.93. The molecule has 0 aliphatic carbocycles. The van der Waals surface area contributed by atoms with E-state index in [1.807, 2.05) is 23.1 Å². The lowest BCUT2D eigenvalue weighted by atomic mass is 10.1. The molecule has 0 saturated carbocycles. The summed E-state index contributed by atoms with van der Waals surface area (Å²) >= 11 is 3.03. The van der Waals surface area contributed by atoms with E-state index in [4.69, 9.17) is 0 Å². The molecular weight excluding hydrogens is 366 g/mol. The van der Waals surface area contributed by atoms with Crippen LogP contribution in [0.25, 0.3) is 10.2 Å². The molecule has 0 amide bonds. The minimum Gasteiger partial charge on any atom is -0.309 e. The van der Waals surface area contributed by atoms with E-state index in [1.165, 1.54) is 11.8 Å². The Bertz CT molecular complexity index is 995. The molecular formula is C14H15N5O2S3. The fraction of sp³-hybridized carbons (Fsp3) is 0.429. The fourth-order valence-corrected chi connectivity index (χ4v) is 6.37. The van der Waals surface area contributed by atoms with E-state index in [-0.39, 0.29) is 17.4 Å². The summed E-state index contributed by atoms with van der Waals surface area (Å²) in [5.41, 5.74) is 0. The molecule has 1 aliphatic heterocycles. The molecule has 1 aliphatic rings. The van der Waals surface area contributed by atoms with Gasteiger partial charge in [0.25, 0.3) is 0 Å². The van der Waals surface area contributed by atoms with Gasteiger partial charge in [0.2, 0.25) is 0 Å². The van der Waals surface area contributed by atoms with Gasteiger partial charge in [0, 0.05) is 18.9 Å². The van der Waals surface area contributed by atoms with Crippen molar-refractivity contribution in [1.82, 2.24) is 24.7 Å². The van der Waals surface area contributed by atoms with Crippen molar-refractivity contribution in [3.05, 3.63) is 23.6 Å². The lowest BCUT2D eigenvalue weighted by Gasteiger charge is -2.07. The largest absolute Gasteiger partial charge is 0.309 e. The monoisotopic (exact) mass is 381 g/mol. The van der Waals surface area contributed by atoms with Crippen molar-refractivity contribution in [2.75, 3.05) is 11.5 Å². The smallest absolute Gasteiger partial charge is 0.197 e. The molecule has 1 atom stereocenters. The van der Waals surface area contributed by atoms with Crippen molar-refractivity contribution in [3.63, 3.8) is 0 Å². The molecule has 3 aromatic heterocycles. The second kappa shape index (κ2) is 6.08. The van der Waals surface area contributed by atoms with Crippen LogP contribution in [0.3, 0.4) is 0 Å². The Hall–Kier alpha value is -1.52. The Morgan fingerprint density at radius 2 is 2.25 bits per heavy atom. The Kier molecular flexibility index (Phi) is 4.05. The van der Waals surface area contributed by atoms with Crippen molar-refractivity contribution in [1.29, 1.82) is 0 Å². The molecule has 10 heteroatoms. The molecule has 0 bridgehead atoms. The zero-order valence-electron chi connectivity index (χ0n) is 12.9. The number of hydrogen-bond donors (Lipinski definition) is 0. The van der Waals surface area contributed by atoms with Crippen molar-refractivity contribution in [2.24, 2.45) is 13.0 Å². The summed E-state index contributed by atoms with van der Waals surface area (Å²) in [6, 6.07) is 2.00. The van der Waals surface area contributed by atoms with Crippen LogP contribution < -0.4 is 0 Å². The fourth-order valence-electron chi connectivity index (χ4n) is 2.84. The van der Waals surface area contributed by atoms with Crippen LogP contribution in [-0.4, -0.2) is 44.7 Å². The Morgan fingerprint density at radius 3 is 3.04 bits per heavy atom. The van der Waals surface area contributed by atoms with Crippen LogP contribution >= 0.6 is 23.1 Å². The van der Waals surface area contributed by atoms with Crippen LogP contribution in [-0.2, 0) is 23.3 Å². The number of fused-ring (bicyclic) bond motifs is 1. The second-order valence-electron chi connectivity index (χ2n) is 5.85. The number of sulfone groups is 1. The van der Waals surface area contributed by atoms with E-state index >= 15 is 0 Å². The minimum atomic E-state index is -2.87. The molecule has 3 aromatic rings. The molecule has 0 N–H and O–H groups in total. The van der Waals surface area contributed by atoms with Crippen LogP contribution in [0.2, 0.25) is 0 Å². The molecule has 0 spiro atoms. The van der Waals surface area contributed by atoms with Gasteiger partial charge < -0.3 is 4.57 Å². The SMILES string of the molecule is Cn1c(CC2CCS(=O)(=O)C2)nnc1Sc1ncnc2sccc12. The van der Waals surface area contributed by atoms with Gasteiger partial charge in [-0.2, -0.15) is 0 Å². The first-order chi connectivity index (χ1) is 11.5. The predicted octanol–water partition coefficient (Wildman–Crippen LogP) is 1.95. The average molecular weight is 382 g/mol. The molecule has 7 nitrogen and oxygen atoms in total. The topological polar surface area (TPSA) is 90.6 Å². The van der Waals surface area contributed by atoms with Gasteiger partial charge in [0.05, 0.1) is 11.5 Å². The highest BCUT2D eigenvalue weighted by Gasteiger charge is 2.29. The summed E-state index contributed by atoms with van der Waals surface area (Å²) in [5.74, 6) is 1.49. The summed E-state index contributed by atoms with van der Waals surface area (Å²) in [5, 5.41) is 13.1. The highest BCUT2D eigenvalue weighted by Crippen LogP contribution is 2.32. The van der Waals surface area contributed by atoms with Gasteiger partial charge in [-0.05, 0) is 35.5 Å². The number of nitrogens with zero attached hydrogens (tertiary/aromatic N) is 5. The lowest BCUT2D eigenvalue weighted by Crippen LogP contribution is -2.11. The molecule has 0 aromatic carbocycles. The van der Waals surface area contributed by atoms with Gasteiger partial charge in [-0.1, -0.05) is 0 Å². The van der Waals surface area contributed by atoms with Crippen molar-refractivity contribution in [2.45, 2.75) is 23.0 Å². The molecule has 1 saturated heterocycles. The van der Waals surface area contributed by atoms with Gasteiger partial charge in [-0.3, -0.25) is 0 Å². The van der Waals surface area contributed by atoms with Crippen LogP contribution in [0, 0.1) is 5.92 Å². The van der Waals surface area contributed by atoms with Crippen LogP contribution in [0.5, 0.6) is 0 Å². The van der Waals surface area contributed by atoms with Crippen LogP contribution in [0.15, 0.2) is 28.0 Å². The van der Waals surface area contributed by atoms with E-state index in [0.29, 0.717) is 12.8 Å². The van der Waals surface area contributed by atoms with E-state index in [2.05, 4.69) is 20.2 Å². The summed E-state index contributed by atoms with van der Waals surface area (Å²) in [6.07, 6.45) is 2.90. The summed E-state index contributed by atoms with van der Waals surface area (Å²) in [7, 11) is -0.957. The third-order valence-corrected chi connectivity index (χ3v) is 7.85. The normalized spacial score (nSPS) is 20.0. The number of rotatable bonds is 4. The zero-order chi connectivity index (χ0) is 16.7. The van der Waals surface area contributed by atoms with E-state index in [1.54, 1.807) is 17.7 Å². The predicted molar refractivity (Wildman–Crippen MR) is 93.0 cm³/mol. The highest BCUT2D eigenvalue weighted by atomic mass is 32.2. The highest BCUT2D eigenvalue weighted by molar-refractivity contribution is 7.99. The van der Waals surface area contributed by atoms with E-state index in [9.17, 15) is 8.42 Å². The van der Waals surface area contributed by atoms with Crippen molar-refractivity contribution < 1.29 is 8.42 Å². The number of hydrogen-bond acceptors (Lipinski definition) is 8. The summed E-state index contributed by atoms with van der Waals surface area (Å²) in [6.45, 7) is 0. The third kappa shape index (κ3) is 3.05. The number of thiophene rings is 1. The lowest BCUT2D eigenvalue weighted by molar-refractivity contribution is 0.552. The first-order valence-electron chi connectivity index (χ1n) is 7.46. The van der Waals surface area contributed by atoms with E-state index < -0.39 is 9.84 Å². The van der Waals surface area contributed by atoms with Crippen LogP contribution in [0.4, 0.5) is 0 Å². The zero-order valence-corrected chi connectivity index (χ0v) is 15.4. The van der Waals surface area contributed by atoms with Crippen molar-refractivity contribution >= 4 is 43.2 Å². The first kappa shape index (κ1) is 16.0. The average Bonchev–Trinajstić information content (AvgIpc) is 3.23. The standard InChI is InChI=1S/C14H15N5O2S3/c1-19-11(6-9-3-5-24(20,21)7-9)17-18-14(19)23-13-10-2-4-22-12(10)15-8-16-13/h2,4,8-9H,3,5-7H2,1H3. The quantitative estimate of drug-likeness (QED) is 0.638. The molecule has 0 radical (unpaired) electrons.